The van der Waals surface area contributed by atoms with E-state index in [1.54, 1.807) is 0 Å². The number of piperazine rings is 1. The van der Waals surface area contributed by atoms with Crippen molar-refractivity contribution in [3.05, 3.63) is 23.5 Å². The molecule has 0 aliphatic carbocycles. The molecule has 0 bridgehead atoms. The van der Waals surface area contributed by atoms with Crippen molar-refractivity contribution in [1.29, 1.82) is 0 Å². The molecule has 3 rings (SSSR count). The summed E-state index contributed by atoms with van der Waals surface area (Å²) >= 11 is 5.47. The number of nitrogens with one attached hydrogen (secondary N) is 1. The van der Waals surface area contributed by atoms with Crippen molar-refractivity contribution >= 4 is 23.0 Å². The number of pyridine rings is 1. The molecule has 0 aromatic carbocycles. The minimum Gasteiger partial charge on any atom is -0.491 e. The molecule has 0 spiro atoms. The van der Waals surface area contributed by atoms with Gasteiger partial charge in [-0.15, -0.1) is 0 Å². The van der Waals surface area contributed by atoms with Crippen molar-refractivity contribution in [2.45, 2.75) is 20.3 Å². The average Bonchev–Trinajstić information content (AvgIpc) is 2.59. The fourth-order valence-electron chi connectivity index (χ4n) is 2.81. The highest BCUT2D eigenvalue weighted by molar-refractivity contribution is 7.80. The van der Waals surface area contributed by atoms with E-state index in [2.05, 4.69) is 32.2 Å². The summed E-state index contributed by atoms with van der Waals surface area (Å²) in [6, 6.07) is 2.00. The van der Waals surface area contributed by atoms with Crippen LogP contribution in [0.2, 0.25) is 0 Å². The highest BCUT2D eigenvalue weighted by atomic mass is 32.1. The van der Waals surface area contributed by atoms with Gasteiger partial charge in [-0.1, -0.05) is 6.92 Å². The van der Waals surface area contributed by atoms with Crippen LogP contribution in [0.15, 0.2) is 17.4 Å². The normalized spacial score (nSPS) is 20.1. The molecule has 2 aliphatic heterocycles. The van der Waals surface area contributed by atoms with Gasteiger partial charge < -0.3 is 14.5 Å². The molecule has 7 heteroatoms. The lowest BCUT2D eigenvalue weighted by Crippen LogP contribution is -2.50. The molecular formula is C16H23N5OS. The standard InChI is InChI=1S/C16H23N5OS/c1-3-20-5-7-21(8-6-20)16(23)19-18-13-4-9-22-14-10-12(2)11-17-15(13)14/h10-11H,3-9H2,1-2H3,(H,19,23)/b18-13-. The molecular weight excluding hydrogens is 310 g/mol. The largest absolute Gasteiger partial charge is 0.491 e. The Bertz CT molecular complexity index is 610. The SMILES string of the molecule is CCN1CCN(C(=S)N/N=C2/CCOc3cc(C)cnc32)CC1. The van der Waals surface area contributed by atoms with Gasteiger partial charge in [-0.05, 0) is 37.3 Å². The van der Waals surface area contributed by atoms with E-state index in [0.717, 1.165) is 61.9 Å². The number of hydrogen-bond acceptors (Lipinski definition) is 5. The Balaban J connectivity index is 1.64. The molecule has 1 aromatic rings. The number of thiocarbonyl (C=S) groups is 1. The Morgan fingerprint density at radius 2 is 2.17 bits per heavy atom. The molecule has 2 aliphatic rings. The molecule has 0 radical (unpaired) electrons. The van der Waals surface area contributed by atoms with Gasteiger partial charge >= 0.3 is 0 Å². The summed E-state index contributed by atoms with van der Waals surface area (Å²) in [4.78, 5) is 9.05. The third-order valence-corrected chi connectivity index (χ3v) is 4.60. The van der Waals surface area contributed by atoms with Crippen molar-refractivity contribution in [3.63, 3.8) is 0 Å². The fraction of sp³-hybridized carbons (Fsp3) is 0.562. The van der Waals surface area contributed by atoms with Crippen molar-refractivity contribution in [3.8, 4) is 5.75 Å². The van der Waals surface area contributed by atoms with Crippen LogP contribution in [-0.4, -0.2) is 64.9 Å². The number of fused-ring (bicyclic) bond motifs is 1. The van der Waals surface area contributed by atoms with Gasteiger partial charge in [0, 0.05) is 38.8 Å². The van der Waals surface area contributed by atoms with Crippen molar-refractivity contribution in [2.75, 3.05) is 39.3 Å². The average molecular weight is 333 g/mol. The first-order valence-corrected chi connectivity index (χ1v) is 8.52. The molecule has 23 heavy (non-hydrogen) atoms. The number of hydrogen-bond donors (Lipinski definition) is 1. The zero-order valence-electron chi connectivity index (χ0n) is 13.7. The van der Waals surface area contributed by atoms with Crippen LogP contribution in [0.3, 0.4) is 0 Å². The fourth-order valence-corrected chi connectivity index (χ4v) is 3.04. The lowest BCUT2D eigenvalue weighted by atomic mass is 10.1. The van der Waals surface area contributed by atoms with E-state index in [9.17, 15) is 0 Å². The summed E-state index contributed by atoms with van der Waals surface area (Å²) in [5.74, 6) is 0.805. The number of hydrazone groups is 1. The molecule has 6 nitrogen and oxygen atoms in total. The molecule has 0 atom stereocenters. The first kappa shape index (κ1) is 16.1. The Kier molecular flexibility index (Phi) is 5.07. The van der Waals surface area contributed by atoms with Gasteiger partial charge in [0.2, 0.25) is 0 Å². The smallest absolute Gasteiger partial charge is 0.189 e. The van der Waals surface area contributed by atoms with E-state index in [4.69, 9.17) is 17.0 Å². The van der Waals surface area contributed by atoms with Crippen molar-refractivity contribution in [1.82, 2.24) is 20.2 Å². The zero-order chi connectivity index (χ0) is 16.2. The van der Waals surface area contributed by atoms with Crippen LogP contribution >= 0.6 is 12.2 Å². The predicted molar refractivity (Wildman–Crippen MR) is 95.0 cm³/mol. The van der Waals surface area contributed by atoms with Gasteiger partial charge in [-0.2, -0.15) is 5.10 Å². The molecule has 0 saturated carbocycles. The number of rotatable bonds is 2. The molecule has 0 unspecified atom stereocenters. The number of aromatic nitrogens is 1. The van der Waals surface area contributed by atoms with E-state index in [-0.39, 0.29) is 0 Å². The van der Waals surface area contributed by atoms with Gasteiger partial charge in [0.25, 0.3) is 0 Å². The zero-order valence-corrected chi connectivity index (χ0v) is 14.5. The van der Waals surface area contributed by atoms with E-state index < -0.39 is 0 Å². The Labute approximate surface area is 142 Å². The summed E-state index contributed by atoms with van der Waals surface area (Å²) in [5.41, 5.74) is 5.84. The predicted octanol–water partition coefficient (Wildman–Crippen LogP) is 1.39. The lowest BCUT2D eigenvalue weighted by Gasteiger charge is -2.35. The summed E-state index contributed by atoms with van der Waals surface area (Å²) in [7, 11) is 0. The summed E-state index contributed by atoms with van der Waals surface area (Å²) in [6.07, 6.45) is 2.58. The maximum atomic E-state index is 5.66. The monoisotopic (exact) mass is 333 g/mol. The summed E-state index contributed by atoms with van der Waals surface area (Å²) in [6.45, 7) is 9.90. The number of likely N-dealkylation sites (N-methyl/N-ethyl adjacent to an activating group) is 1. The maximum Gasteiger partial charge on any atom is 0.189 e. The van der Waals surface area contributed by atoms with Crippen molar-refractivity contribution < 1.29 is 4.74 Å². The molecule has 1 aromatic heterocycles. The van der Waals surface area contributed by atoms with E-state index in [1.807, 2.05) is 19.2 Å². The van der Waals surface area contributed by atoms with Crippen LogP contribution in [0.25, 0.3) is 0 Å². The molecule has 124 valence electrons. The van der Waals surface area contributed by atoms with Crippen LogP contribution in [0, 0.1) is 6.92 Å². The quantitative estimate of drug-likeness (QED) is 0.652. The first-order valence-electron chi connectivity index (χ1n) is 8.11. The second-order valence-corrected chi connectivity index (χ2v) is 6.24. The van der Waals surface area contributed by atoms with E-state index in [0.29, 0.717) is 11.7 Å². The highest BCUT2D eigenvalue weighted by Crippen LogP contribution is 2.23. The third kappa shape index (κ3) is 3.79. The Hall–Kier alpha value is -1.73. The second-order valence-electron chi connectivity index (χ2n) is 5.85. The number of ether oxygens (including phenoxy) is 1. The van der Waals surface area contributed by atoms with Gasteiger partial charge in [0.1, 0.15) is 11.4 Å². The van der Waals surface area contributed by atoms with Crippen molar-refractivity contribution in [2.24, 2.45) is 5.10 Å². The number of aryl methyl sites for hydroxylation is 1. The van der Waals surface area contributed by atoms with E-state index in [1.165, 1.54) is 0 Å². The first-order chi connectivity index (χ1) is 11.2. The van der Waals surface area contributed by atoms with Gasteiger partial charge in [-0.3, -0.25) is 10.4 Å². The highest BCUT2D eigenvalue weighted by Gasteiger charge is 2.20. The third-order valence-electron chi connectivity index (χ3n) is 4.25. The van der Waals surface area contributed by atoms with Gasteiger partial charge in [0.05, 0.1) is 12.3 Å². The van der Waals surface area contributed by atoms with Crippen LogP contribution in [0.1, 0.15) is 24.6 Å². The van der Waals surface area contributed by atoms with Gasteiger partial charge in [0.15, 0.2) is 5.11 Å². The summed E-state index contributed by atoms with van der Waals surface area (Å²) < 4.78 is 5.66. The molecule has 1 N–H and O–H groups in total. The molecule has 3 heterocycles. The number of nitrogens with zero attached hydrogens (tertiary/aromatic N) is 4. The topological polar surface area (TPSA) is 53.0 Å². The Morgan fingerprint density at radius 1 is 1.39 bits per heavy atom. The van der Waals surface area contributed by atoms with Crippen LogP contribution in [0.5, 0.6) is 5.75 Å². The Morgan fingerprint density at radius 3 is 2.91 bits per heavy atom. The van der Waals surface area contributed by atoms with E-state index >= 15 is 0 Å². The maximum absolute atomic E-state index is 5.66. The van der Waals surface area contributed by atoms with Gasteiger partial charge in [-0.25, -0.2) is 0 Å². The lowest BCUT2D eigenvalue weighted by molar-refractivity contribution is 0.189. The minimum atomic E-state index is 0.626. The minimum absolute atomic E-state index is 0.626. The van der Waals surface area contributed by atoms with Crippen LogP contribution in [-0.2, 0) is 0 Å². The van der Waals surface area contributed by atoms with Crippen LogP contribution < -0.4 is 10.2 Å². The molecule has 1 fully saturated rings. The molecule has 0 amide bonds. The van der Waals surface area contributed by atoms with Crippen LogP contribution in [0.4, 0.5) is 0 Å². The molecule has 1 saturated heterocycles. The second kappa shape index (κ2) is 7.23. The summed E-state index contributed by atoms with van der Waals surface area (Å²) in [5, 5.41) is 5.18.